The Balaban J connectivity index is 2.16. The van der Waals surface area contributed by atoms with Crippen molar-refractivity contribution in [3.8, 4) is 0 Å². The maximum Gasteiger partial charge on any atom is 0.354 e. The molecule has 114 valence electrons. The van der Waals surface area contributed by atoms with Crippen molar-refractivity contribution in [1.29, 1.82) is 0 Å². The fourth-order valence-electron chi connectivity index (χ4n) is 2.14. The fourth-order valence-corrected chi connectivity index (χ4v) is 2.14. The van der Waals surface area contributed by atoms with Crippen LogP contribution in [0.1, 0.15) is 31.7 Å². The summed E-state index contributed by atoms with van der Waals surface area (Å²) in [5.74, 6) is -0.395. The van der Waals surface area contributed by atoms with Gasteiger partial charge in [-0.15, -0.1) is 0 Å². The van der Waals surface area contributed by atoms with Crippen LogP contribution >= 0.6 is 0 Å². The van der Waals surface area contributed by atoms with E-state index in [1.54, 1.807) is 5.01 Å². The van der Waals surface area contributed by atoms with Crippen molar-refractivity contribution in [2.75, 3.05) is 18.7 Å². The van der Waals surface area contributed by atoms with Crippen molar-refractivity contribution in [3.63, 3.8) is 0 Å². The van der Waals surface area contributed by atoms with E-state index in [1.165, 1.54) is 12.7 Å². The lowest BCUT2D eigenvalue weighted by Gasteiger charge is -2.23. The number of carbonyl (C=O) groups excluding carboxylic acids is 1. The third-order valence-electron chi connectivity index (χ3n) is 3.40. The molecule has 5 nitrogen and oxygen atoms in total. The average Bonchev–Trinajstić information content (AvgIpc) is 2.92. The van der Waals surface area contributed by atoms with E-state index in [9.17, 15) is 4.79 Å². The molecule has 0 amide bonds. The molecule has 5 heteroatoms. The number of unbranched alkanes of at least 4 members (excludes halogenated alkanes) is 1. The zero-order valence-corrected chi connectivity index (χ0v) is 12.8. The van der Waals surface area contributed by atoms with Gasteiger partial charge in [0.25, 0.3) is 0 Å². The number of benzene rings is 1. The summed E-state index contributed by atoms with van der Waals surface area (Å²) in [4.78, 5) is 11.7. The van der Waals surface area contributed by atoms with E-state index in [2.05, 4.69) is 12.0 Å². The standard InChI is InChI=1S/C16H22N2O3/c1-4-5-10-21-15-11-14(16(19)20-3)17-18(15)13-8-6-12(2)7-9-13/h6-9,15H,4-5,10-11H2,1-3H3. The van der Waals surface area contributed by atoms with Crippen LogP contribution in [0.5, 0.6) is 0 Å². The average molecular weight is 290 g/mol. The molecule has 21 heavy (non-hydrogen) atoms. The number of esters is 1. The van der Waals surface area contributed by atoms with Gasteiger partial charge in [-0.2, -0.15) is 5.10 Å². The topological polar surface area (TPSA) is 51.1 Å². The lowest BCUT2D eigenvalue weighted by molar-refractivity contribution is -0.132. The summed E-state index contributed by atoms with van der Waals surface area (Å²) in [6.07, 6.45) is 2.27. The molecular formula is C16H22N2O3. The Morgan fingerprint density at radius 3 is 2.71 bits per heavy atom. The van der Waals surface area contributed by atoms with Gasteiger partial charge in [-0.1, -0.05) is 31.0 Å². The SMILES string of the molecule is CCCCOC1CC(C(=O)OC)=NN1c1ccc(C)cc1. The van der Waals surface area contributed by atoms with E-state index in [4.69, 9.17) is 9.47 Å². The van der Waals surface area contributed by atoms with Crippen molar-refractivity contribution in [2.45, 2.75) is 39.3 Å². The van der Waals surface area contributed by atoms with E-state index in [-0.39, 0.29) is 6.23 Å². The second kappa shape index (κ2) is 7.22. The van der Waals surface area contributed by atoms with E-state index in [0.29, 0.717) is 18.7 Å². The predicted molar refractivity (Wildman–Crippen MR) is 82.4 cm³/mol. The Hall–Kier alpha value is -1.88. The summed E-state index contributed by atoms with van der Waals surface area (Å²) in [5.41, 5.74) is 2.50. The van der Waals surface area contributed by atoms with Crippen LogP contribution in [0.25, 0.3) is 0 Å². The quantitative estimate of drug-likeness (QED) is 0.597. The third kappa shape index (κ3) is 3.82. The second-order valence-electron chi connectivity index (χ2n) is 5.10. The van der Waals surface area contributed by atoms with Crippen LogP contribution in [0.4, 0.5) is 5.69 Å². The summed E-state index contributed by atoms with van der Waals surface area (Å²) in [5, 5.41) is 6.13. The van der Waals surface area contributed by atoms with Gasteiger partial charge in [0, 0.05) is 13.0 Å². The molecule has 0 radical (unpaired) electrons. The monoisotopic (exact) mass is 290 g/mol. The fraction of sp³-hybridized carbons (Fsp3) is 0.500. The lowest BCUT2D eigenvalue weighted by atomic mass is 10.2. The normalized spacial score (nSPS) is 17.8. The number of carbonyl (C=O) groups is 1. The van der Waals surface area contributed by atoms with E-state index >= 15 is 0 Å². The van der Waals surface area contributed by atoms with Crippen LogP contribution in [0.15, 0.2) is 29.4 Å². The molecule has 0 aliphatic carbocycles. The molecule has 0 N–H and O–H groups in total. The van der Waals surface area contributed by atoms with Crippen LogP contribution in [0.2, 0.25) is 0 Å². The van der Waals surface area contributed by atoms with Gasteiger partial charge in [-0.3, -0.25) is 0 Å². The molecule has 0 saturated carbocycles. The molecular weight excluding hydrogens is 268 g/mol. The zero-order valence-electron chi connectivity index (χ0n) is 12.8. The minimum absolute atomic E-state index is 0.242. The second-order valence-corrected chi connectivity index (χ2v) is 5.10. The largest absolute Gasteiger partial charge is 0.464 e. The van der Waals surface area contributed by atoms with Crippen molar-refractivity contribution in [1.82, 2.24) is 0 Å². The smallest absolute Gasteiger partial charge is 0.354 e. The molecule has 0 aromatic heterocycles. The van der Waals surface area contributed by atoms with Gasteiger partial charge < -0.3 is 9.47 Å². The molecule has 0 spiro atoms. The summed E-state index contributed by atoms with van der Waals surface area (Å²) < 4.78 is 10.6. The minimum Gasteiger partial charge on any atom is -0.464 e. The number of methoxy groups -OCH3 is 1. The first-order valence-corrected chi connectivity index (χ1v) is 7.29. The van der Waals surface area contributed by atoms with Gasteiger partial charge in [-0.05, 0) is 25.5 Å². The maximum absolute atomic E-state index is 11.7. The number of ether oxygens (including phenoxy) is 2. The first-order valence-electron chi connectivity index (χ1n) is 7.29. The molecule has 2 rings (SSSR count). The number of hydrazone groups is 1. The number of rotatable bonds is 6. The highest BCUT2D eigenvalue weighted by molar-refractivity contribution is 6.37. The number of aryl methyl sites for hydroxylation is 1. The number of nitrogens with zero attached hydrogens (tertiary/aromatic N) is 2. The highest BCUT2D eigenvalue weighted by Gasteiger charge is 2.32. The first-order chi connectivity index (χ1) is 10.2. The number of hydrogen-bond donors (Lipinski definition) is 0. The molecule has 1 aliphatic heterocycles. The molecule has 0 saturated heterocycles. The highest BCUT2D eigenvalue weighted by Crippen LogP contribution is 2.26. The lowest BCUT2D eigenvalue weighted by Crippen LogP contribution is -2.29. The van der Waals surface area contributed by atoms with Gasteiger partial charge in [-0.25, -0.2) is 9.80 Å². The Bertz CT molecular complexity index is 511. The van der Waals surface area contributed by atoms with Crippen molar-refractivity contribution < 1.29 is 14.3 Å². The van der Waals surface area contributed by atoms with Crippen LogP contribution < -0.4 is 5.01 Å². The van der Waals surface area contributed by atoms with Crippen LogP contribution in [-0.2, 0) is 14.3 Å². The van der Waals surface area contributed by atoms with Gasteiger partial charge >= 0.3 is 5.97 Å². The Morgan fingerprint density at radius 1 is 1.38 bits per heavy atom. The Kier molecular flexibility index (Phi) is 5.33. The summed E-state index contributed by atoms with van der Waals surface area (Å²) in [7, 11) is 1.37. The van der Waals surface area contributed by atoms with Crippen molar-refractivity contribution >= 4 is 17.4 Å². The Labute approximate surface area is 125 Å². The predicted octanol–water partition coefficient (Wildman–Crippen LogP) is 2.88. The molecule has 0 fully saturated rings. The molecule has 1 unspecified atom stereocenters. The summed E-state index contributed by atoms with van der Waals surface area (Å²) >= 11 is 0. The van der Waals surface area contributed by atoms with E-state index in [0.717, 1.165) is 18.5 Å². The van der Waals surface area contributed by atoms with Crippen LogP contribution in [0, 0.1) is 6.92 Å². The van der Waals surface area contributed by atoms with Gasteiger partial charge in [0.2, 0.25) is 0 Å². The van der Waals surface area contributed by atoms with Crippen molar-refractivity contribution in [3.05, 3.63) is 29.8 Å². The molecule has 1 aromatic carbocycles. The molecule has 1 atom stereocenters. The molecule has 1 aliphatic rings. The van der Waals surface area contributed by atoms with Crippen LogP contribution in [-0.4, -0.2) is 31.6 Å². The summed E-state index contributed by atoms with van der Waals surface area (Å²) in [6, 6.07) is 8.00. The number of anilines is 1. The van der Waals surface area contributed by atoms with Gasteiger partial charge in [0.1, 0.15) is 0 Å². The third-order valence-corrected chi connectivity index (χ3v) is 3.40. The van der Waals surface area contributed by atoms with Crippen LogP contribution in [0.3, 0.4) is 0 Å². The van der Waals surface area contributed by atoms with E-state index in [1.807, 2.05) is 31.2 Å². The molecule has 1 aromatic rings. The first kappa shape index (κ1) is 15.5. The van der Waals surface area contributed by atoms with Crippen molar-refractivity contribution in [2.24, 2.45) is 5.10 Å². The zero-order chi connectivity index (χ0) is 15.2. The van der Waals surface area contributed by atoms with E-state index < -0.39 is 5.97 Å². The van der Waals surface area contributed by atoms with Gasteiger partial charge in [0.15, 0.2) is 11.9 Å². The molecule has 1 heterocycles. The molecule has 0 bridgehead atoms. The minimum atomic E-state index is -0.395. The maximum atomic E-state index is 11.7. The number of hydrogen-bond acceptors (Lipinski definition) is 5. The highest BCUT2D eigenvalue weighted by atomic mass is 16.5. The van der Waals surface area contributed by atoms with Gasteiger partial charge in [0.05, 0.1) is 12.8 Å². The summed E-state index contributed by atoms with van der Waals surface area (Å²) in [6.45, 7) is 4.81. The Morgan fingerprint density at radius 2 is 2.10 bits per heavy atom.